The Balaban J connectivity index is 1.74. The Morgan fingerprint density at radius 2 is 1.96 bits per heavy atom. The summed E-state index contributed by atoms with van der Waals surface area (Å²) < 4.78 is 40.1. The van der Waals surface area contributed by atoms with Gasteiger partial charge in [-0.15, -0.1) is 0 Å². The SMILES string of the molecule is O=C(c1ccccc1F)N1CCCN(S(=O)(=O)c2cnc[nH]2)CC1. The maximum Gasteiger partial charge on any atom is 0.260 e. The Morgan fingerprint density at radius 1 is 1.17 bits per heavy atom. The number of hydrogen-bond acceptors (Lipinski definition) is 4. The van der Waals surface area contributed by atoms with Gasteiger partial charge in [-0.05, 0) is 18.6 Å². The van der Waals surface area contributed by atoms with Crippen molar-refractivity contribution in [3.05, 3.63) is 48.2 Å². The molecule has 3 rings (SSSR count). The molecule has 0 radical (unpaired) electrons. The third-order valence-electron chi connectivity index (χ3n) is 3.94. The van der Waals surface area contributed by atoms with Crippen LogP contribution in [0.15, 0.2) is 41.8 Å². The number of hydrogen-bond donors (Lipinski definition) is 1. The highest BCUT2D eigenvalue weighted by atomic mass is 32.2. The number of benzene rings is 1. The number of nitrogens with zero attached hydrogens (tertiary/aromatic N) is 3. The molecule has 128 valence electrons. The number of aromatic amines is 1. The molecule has 1 saturated heterocycles. The summed E-state index contributed by atoms with van der Waals surface area (Å²) in [6.45, 7) is 1.03. The molecule has 2 aromatic rings. The molecule has 1 aliphatic rings. The van der Waals surface area contributed by atoms with Crippen molar-refractivity contribution in [3.63, 3.8) is 0 Å². The van der Waals surface area contributed by atoms with Crippen LogP contribution in [0, 0.1) is 5.82 Å². The van der Waals surface area contributed by atoms with E-state index in [9.17, 15) is 17.6 Å². The van der Waals surface area contributed by atoms with Gasteiger partial charge in [-0.3, -0.25) is 4.79 Å². The molecule has 0 saturated carbocycles. The lowest BCUT2D eigenvalue weighted by Gasteiger charge is -2.21. The molecule has 1 aliphatic heterocycles. The number of H-pyrrole nitrogens is 1. The molecule has 2 heterocycles. The van der Waals surface area contributed by atoms with Crippen molar-refractivity contribution in [1.29, 1.82) is 0 Å². The number of nitrogens with one attached hydrogen (secondary N) is 1. The Morgan fingerprint density at radius 3 is 2.67 bits per heavy atom. The van der Waals surface area contributed by atoms with Gasteiger partial charge in [-0.1, -0.05) is 12.1 Å². The monoisotopic (exact) mass is 352 g/mol. The van der Waals surface area contributed by atoms with Crippen LogP contribution < -0.4 is 0 Å². The van der Waals surface area contributed by atoms with E-state index < -0.39 is 21.7 Å². The van der Waals surface area contributed by atoms with Crippen molar-refractivity contribution in [1.82, 2.24) is 19.2 Å². The molecule has 9 heteroatoms. The van der Waals surface area contributed by atoms with E-state index in [2.05, 4.69) is 9.97 Å². The summed E-state index contributed by atoms with van der Waals surface area (Å²) in [5, 5.41) is 0.0244. The molecule has 0 spiro atoms. The third kappa shape index (κ3) is 3.17. The van der Waals surface area contributed by atoms with Gasteiger partial charge in [0.15, 0.2) is 5.03 Å². The van der Waals surface area contributed by atoms with E-state index in [0.29, 0.717) is 19.5 Å². The van der Waals surface area contributed by atoms with E-state index >= 15 is 0 Å². The number of amides is 1. The molecule has 1 amide bonds. The highest BCUT2D eigenvalue weighted by Crippen LogP contribution is 2.17. The summed E-state index contributed by atoms with van der Waals surface area (Å²) in [6.07, 6.45) is 3.04. The summed E-state index contributed by atoms with van der Waals surface area (Å²) in [5.74, 6) is -0.998. The fourth-order valence-electron chi connectivity index (χ4n) is 2.67. The quantitative estimate of drug-likeness (QED) is 0.896. The summed E-state index contributed by atoms with van der Waals surface area (Å²) >= 11 is 0. The Hall–Kier alpha value is -2.26. The number of sulfonamides is 1. The highest BCUT2D eigenvalue weighted by molar-refractivity contribution is 7.89. The van der Waals surface area contributed by atoms with E-state index in [1.165, 1.54) is 39.9 Å². The first kappa shape index (κ1) is 16.6. The van der Waals surface area contributed by atoms with Crippen LogP contribution in [-0.4, -0.2) is 59.7 Å². The zero-order valence-corrected chi connectivity index (χ0v) is 13.7. The van der Waals surface area contributed by atoms with Gasteiger partial charge in [0.2, 0.25) is 0 Å². The van der Waals surface area contributed by atoms with Crippen molar-refractivity contribution < 1.29 is 17.6 Å². The van der Waals surface area contributed by atoms with E-state index in [1.807, 2.05) is 0 Å². The van der Waals surface area contributed by atoms with Gasteiger partial charge in [0, 0.05) is 26.2 Å². The van der Waals surface area contributed by atoms with Gasteiger partial charge in [0.25, 0.3) is 15.9 Å². The van der Waals surface area contributed by atoms with Crippen molar-refractivity contribution >= 4 is 15.9 Å². The molecule has 0 aliphatic carbocycles. The summed E-state index contributed by atoms with van der Waals surface area (Å²) in [7, 11) is -3.66. The Labute approximate surface area is 139 Å². The number of aromatic nitrogens is 2. The predicted molar refractivity (Wildman–Crippen MR) is 84.3 cm³/mol. The van der Waals surface area contributed by atoms with Crippen molar-refractivity contribution in [2.45, 2.75) is 11.4 Å². The Bertz CT molecular complexity index is 823. The zero-order valence-electron chi connectivity index (χ0n) is 12.9. The fraction of sp³-hybridized carbons (Fsp3) is 0.333. The van der Waals surface area contributed by atoms with Crippen LogP contribution in [0.2, 0.25) is 0 Å². The second-order valence-corrected chi connectivity index (χ2v) is 7.35. The number of imidazole rings is 1. The van der Waals surface area contributed by atoms with Crippen molar-refractivity contribution in [2.75, 3.05) is 26.2 Å². The van der Waals surface area contributed by atoms with Gasteiger partial charge in [0.1, 0.15) is 5.82 Å². The van der Waals surface area contributed by atoms with Gasteiger partial charge < -0.3 is 9.88 Å². The average molecular weight is 352 g/mol. The van der Waals surface area contributed by atoms with Crippen LogP contribution in [0.5, 0.6) is 0 Å². The van der Waals surface area contributed by atoms with Crippen LogP contribution in [0.25, 0.3) is 0 Å². The van der Waals surface area contributed by atoms with E-state index in [1.54, 1.807) is 6.07 Å². The minimum absolute atomic E-state index is 0.00220. The molecule has 0 atom stereocenters. The van der Waals surface area contributed by atoms with Gasteiger partial charge in [0.05, 0.1) is 18.1 Å². The molecule has 24 heavy (non-hydrogen) atoms. The minimum Gasteiger partial charge on any atom is -0.337 e. The summed E-state index contributed by atoms with van der Waals surface area (Å²) in [5.41, 5.74) is 0.00220. The number of carbonyl (C=O) groups is 1. The van der Waals surface area contributed by atoms with E-state index in [4.69, 9.17) is 0 Å². The number of halogens is 1. The molecular weight excluding hydrogens is 335 g/mol. The van der Waals surface area contributed by atoms with E-state index in [0.717, 1.165) is 0 Å². The zero-order chi connectivity index (χ0) is 17.2. The van der Waals surface area contributed by atoms with Crippen LogP contribution in [0.4, 0.5) is 4.39 Å². The van der Waals surface area contributed by atoms with Crippen LogP contribution in [-0.2, 0) is 10.0 Å². The maximum absolute atomic E-state index is 13.8. The molecule has 0 unspecified atom stereocenters. The summed E-state index contributed by atoms with van der Waals surface area (Å²) in [6, 6.07) is 5.79. The fourth-order valence-corrected chi connectivity index (χ4v) is 4.03. The maximum atomic E-state index is 13.8. The Kier molecular flexibility index (Phi) is 4.63. The summed E-state index contributed by atoms with van der Waals surface area (Å²) in [4.78, 5) is 20.3. The van der Waals surface area contributed by atoms with Crippen molar-refractivity contribution in [3.8, 4) is 0 Å². The second-order valence-electron chi connectivity index (χ2n) is 5.45. The predicted octanol–water partition coefficient (Wildman–Crippen LogP) is 1.09. The van der Waals surface area contributed by atoms with Crippen LogP contribution >= 0.6 is 0 Å². The number of carbonyl (C=O) groups excluding carboxylic acids is 1. The molecule has 1 N–H and O–H groups in total. The van der Waals surface area contributed by atoms with Gasteiger partial charge >= 0.3 is 0 Å². The third-order valence-corrected chi connectivity index (χ3v) is 5.76. The topological polar surface area (TPSA) is 86.4 Å². The number of rotatable bonds is 3. The highest BCUT2D eigenvalue weighted by Gasteiger charge is 2.29. The standard InChI is InChI=1S/C15H17FN4O3S/c16-13-5-2-1-4-12(13)15(21)19-6-3-7-20(9-8-19)24(22,23)14-10-17-11-18-14/h1-2,4-5,10-11H,3,6-9H2,(H,17,18). The van der Waals surface area contributed by atoms with Gasteiger partial charge in [-0.2, -0.15) is 4.31 Å². The molecule has 1 aromatic heterocycles. The van der Waals surface area contributed by atoms with E-state index in [-0.39, 0.29) is 23.7 Å². The molecule has 7 nitrogen and oxygen atoms in total. The minimum atomic E-state index is -3.66. The lowest BCUT2D eigenvalue weighted by atomic mass is 10.2. The van der Waals surface area contributed by atoms with Gasteiger partial charge in [-0.25, -0.2) is 17.8 Å². The normalized spacial score (nSPS) is 16.8. The molecular formula is C15H17FN4O3S. The smallest absolute Gasteiger partial charge is 0.260 e. The lowest BCUT2D eigenvalue weighted by molar-refractivity contribution is 0.0759. The molecule has 1 fully saturated rings. The van der Waals surface area contributed by atoms with Crippen LogP contribution in [0.3, 0.4) is 0 Å². The van der Waals surface area contributed by atoms with Crippen molar-refractivity contribution in [2.24, 2.45) is 0 Å². The largest absolute Gasteiger partial charge is 0.337 e. The first-order chi connectivity index (χ1) is 11.5. The molecule has 0 bridgehead atoms. The average Bonchev–Trinajstić information content (AvgIpc) is 3.00. The first-order valence-electron chi connectivity index (χ1n) is 7.52. The second kappa shape index (κ2) is 6.70. The van der Waals surface area contributed by atoms with Crippen LogP contribution in [0.1, 0.15) is 16.8 Å². The lowest BCUT2D eigenvalue weighted by Crippen LogP contribution is -2.37. The molecule has 1 aromatic carbocycles. The first-order valence-corrected chi connectivity index (χ1v) is 8.96.